The van der Waals surface area contributed by atoms with Crippen molar-refractivity contribution in [1.29, 1.82) is 0 Å². The predicted molar refractivity (Wildman–Crippen MR) is 96.6 cm³/mol. The number of carbonyl (C=O) groups excluding carboxylic acids is 1. The molecule has 7 nitrogen and oxygen atoms in total. The van der Waals surface area contributed by atoms with Crippen LogP contribution in [0.2, 0.25) is 0 Å². The van der Waals surface area contributed by atoms with Crippen molar-refractivity contribution in [2.45, 2.75) is 31.1 Å². The van der Waals surface area contributed by atoms with Gasteiger partial charge in [0, 0.05) is 12.0 Å². The summed E-state index contributed by atoms with van der Waals surface area (Å²) in [5, 5.41) is 0. The molecule has 4 rings (SSSR count). The third kappa shape index (κ3) is 3.37. The highest BCUT2D eigenvalue weighted by molar-refractivity contribution is 5.58. The van der Waals surface area contributed by atoms with E-state index in [0.29, 0.717) is 23.5 Å². The Morgan fingerprint density at radius 1 is 1.26 bits per heavy atom. The van der Waals surface area contributed by atoms with E-state index in [-0.39, 0.29) is 12.0 Å². The maximum Gasteiger partial charge on any atom is 0.540 e. The van der Waals surface area contributed by atoms with Gasteiger partial charge in [-0.2, -0.15) is 4.89 Å². The molecule has 1 fully saturated rings. The largest absolute Gasteiger partial charge is 0.540 e. The summed E-state index contributed by atoms with van der Waals surface area (Å²) in [4.78, 5) is 23.9. The minimum Gasteiger partial charge on any atom is -0.493 e. The first-order valence-electron chi connectivity index (χ1n) is 9.24. The molecule has 1 aromatic rings. The van der Waals surface area contributed by atoms with E-state index in [0.717, 1.165) is 19.4 Å². The highest BCUT2D eigenvalue weighted by atomic mass is 17.2. The van der Waals surface area contributed by atoms with Crippen LogP contribution in [-0.4, -0.2) is 57.1 Å². The summed E-state index contributed by atoms with van der Waals surface area (Å²) < 4.78 is 16.4. The molecule has 3 aliphatic rings. The second-order valence-electron chi connectivity index (χ2n) is 7.33. The Labute approximate surface area is 158 Å². The van der Waals surface area contributed by atoms with E-state index in [1.807, 2.05) is 18.2 Å². The Balaban J connectivity index is 1.71. The van der Waals surface area contributed by atoms with Crippen LogP contribution in [0.4, 0.5) is 4.79 Å². The van der Waals surface area contributed by atoms with Gasteiger partial charge in [0.15, 0.2) is 17.6 Å². The zero-order valence-electron chi connectivity index (χ0n) is 15.8. The average Bonchev–Trinajstić information content (AvgIpc) is 2.70. The van der Waals surface area contributed by atoms with E-state index in [1.165, 1.54) is 12.7 Å². The fraction of sp³-hybridized carbons (Fsp3) is 0.550. The van der Waals surface area contributed by atoms with Crippen LogP contribution in [-0.2, 0) is 20.9 Å². The molecule has 2 aliphatic heterocycles. The maximum atomic E-state index is 11.3. The lowest BCUT2D eigenvalue weighted by atomic mass is 9.71. The molecule has 1 saturated heterocycles. The lowest BCUT2D eigenvalue weighted by Crippen LogP contribution is -2.55. The van der Waals surface area contributed by atoms with Gasteiger partial charge in [-0.15, -0.1) is 0 Å². The number of hydrogen-bond donors (Lipinski definition) is 0. The molecule has 6 bridgehead atoms. The molecule has 0 radical (unpaired) electrons. The molecule has 27 heavy (non-hydrogen) atoms. The molecular weight excluding hydrogens is 350 g/mol. The summed E-state index contributed by atoms with van der Waals surface area (Å²) in [6.45, 7) is 0.983. The number of piperidine rings is 1. The molecule has 5 atom stereocenters. The first kappa shape index (κ1) is 18.1. The number of benzene rings is 1. The van der Waals surface area contributed by atoms with E-state index in [9.17, 15) is 4.79 Å². The Morgan fingerprint density at radius 3 is 2.89 bits per heavy atom. The average molecular weight is 375 g/mol. The number of carbonyl (C=O) groups is 1. The van der Waals surface area contributed by atoms with Gasteiger partial charge in [0.2, 0.25) is 0 Å². The number of hydrogen-bond acceptors (Lipinski definition) is 7. The highest BCUT2D eigenvalue weighted by Gasteiger charge is 2.47. The fourth-order valence-corrected chi connectivity index (χ4v) is 4.53. The Morgan fingerprint density at radius 2 is 2.11 bits per heavy atom. The Hall–Kier alpha value is -2.25. The van der Waals surface area contributed by atoms with E-state index >= 15 is 0 Å². The van der Waals surface area contributed by atoms with Crippen molar-refractivity contribution in [1.82, 2.24) is 4.90 Å². The van der Waals surface area contributed by atoms with Crippen LogP contribution in [0.3, 0.4) is 0 Å². The summed E-state index contributed by atoms with van der Waals surface area (Å²) in [6.07, 6.45) is 4.35. The molecule has 0 unspecified atom stereocenters. The third-order valence-corrected chi connectivity index (χ3v) is 5.92. The summed E-state index contributed by atoms with van der Waals surface area (Å²) in [7, 11) is 5.05. The number of likely N-dealkylation sites (tertiary alicyclic amines) is 1. The van der Waals surface area contributed by atoms with Gasteiger partial charge in [-0.05, 0) is 50.0 Å². The summed E-state index contributed by atoms with van der Waals surface area (Å²) in [5.41, 5.74) is 1.22. The van der Waals surface area contributed by atoms with Crippen molar-refractivity contribution < 1.29 is 28.8 Å². The van der Waals surface area contributed by atoms with E-state index < -0.39 is 12.3 Å². The van der Waals surface area contributed by atoms with Crippen LogP contribution in [0.1, 0.15) is 12.0 Å². The second kappa shape index (κ2) is 7.40. The quantitative estimate of drug-likeness (QED) is 0.348. The minimum absolute atomic E-state index is 0.251. The minimum atomic E-state index is -0.880. The molecule has 1 aliphatic carbocycles. The van der Waals surface area contributed by atoms with Crippen LogP contribution >= 0.6 is 0 Å². The second-order valence-corrected chi connectivity index (χ2v) is 7.33. The first-order chi connectivity index (χ1) is 13.1. The normalized spacial score (nSPS) is 31.7. The summed E-state index contributed by atoms with van der Waals surface area (Å²) in [5.74, 6) is 1.96. The van der Waals surface area contributed by atoms with Gasteiger partial charge in [0.1, 0.15) is 6.10 Å². The number of fused-ring (bicyclic) bond motifs is 2. The molecule has 146 valence electrons. The van der Waals surface area contributed by atoms with Gasteiger partial charge in [0.25, 0.3) is 0 Å². The van der Waals surface area contributed by atoms with Crippen molar-refractivity contribution in [3.63, 3.8) is 0 Å². The SMILES string of the molecule is COC(=O)OO[C@H]1C=C[C@@H]2[C@@H]3CCN(C)[C@@H]2Cc2ccc(OC)c(c2)O[C@H]31. The van der Waals surface area contributed by atoms with Crippen LogP contribution in [0.15, 0.2) is 30.4 Å². The first-order valence-corrected chi connectivity index (χ1v) is 9.24. The maximum absolute atomic E-state index is 11.3. The molecule has 2 heterocycles. The third-order valence-electron chi connectivity index (χ3n) is 5.92. The number of likely N-dealkylation sites (N-methyl/N-ethyl adjacent to an activating group) is 1. The van der Waals surface area contributed by atoms with Crippen molar-refractivity contribution in [3.05, 3.63) is 35.9 Å². The standard InChI is InChI=1S/C20H25NO6/c1-21-9-8-14-13-5-7-17(26-27-20(22)24-3)19(14)25-18-11-12(10-15(13)21)4-6-16(18)23-2/h4-7,11,13-15,17,19H,8-10H2,1-3H3/t13-,14+,15-,17+,19-/m1/s1. The van der Waals surface area contributed by atoms with Crippen molar-refractivity contribution >= 4 is 6.16 Å². The van der Waals surface area contributed by atoms with Crippen molar-refractivity contribution in [2.75, 3.05) is 27.8 Å². The van der Waals surface area contributed by atoms with Gasteiger partial charge < -0.3 is 19.1 Å². The van der Waals surface area contributed by atoms with Gasteiger partial charge in [0.05, 0.1) is 14.2 Å². The number of nitrogens with zero attached hydrogens (tertiary/aromatic N) is 1. The van der Waals surface area contributed by atoms with Crippen molar-refractivity contribution in [2.24, 2.45) is 11.8 Å². The number of methoxy groups -OCH3 is 2. The Kier molecular flexibility index (Phi) is 4.97. The number of ether oxygens (including phenoxy) is 3. The zero-order valence-corrected chi connectivity index (χ0v) is 15.8. The lowest BCUT2D eigenvalue weighted by molar-refractivity contribution is -0.293. The topological polar surface area (TPSA) is 66.5 Å². The number of rotatable bonds is 3. The highest BCUT2D eigenvalue weighted by Crippen LogP contribution is 2.43. The van der Waals surface area contributed by atoms with Crippen LogP contribution in [0, 0.1) is 11.8 Å². The van der Waals surface area contributed by atoms with Gasteiger partial charge in [-0.1, -0.05) is 18.2 Å². The monoisotopic (exact) mass is 375 g/mol. The van der Waals surface area contributed by atoms with Crippen LogP contribution in [0.25, 0.3) is 0 Å². The molecule has 0 saturated carbocycles. The van der Waals surface area contributed by atoms with Crippen LogP contribution in [0.5, 0.6) is 11.5 Å². The summed E-state index contributed by atoms with van der Waals surface area (Å²) in [6, 6.07) is 6.46. The molecule has 0 N–H and O–H groups in total. The van der Waals surface area contributed by atoms with Gasteiger partial charge >= 0.3 is 6.16 Å². The molecule has 0 amide bonds. The fourth-order valence-electron chi connectivity index (χ4n) is 4.53. The molecule has 1 aromatic carbocycles. The van der Waals surface area contributed by atoms with Crippen molar-refractivity contribution in [3.8, 4) is 11.5 Å². The van der Waals surface area contributed by atoms with E-state index in [2.05, 4.69) is 28.8 Å². The zero-order chi connectivity index (χ0) is 19.0. The molecule has 7 heteroatoms. The van der Waals surface area contributed by atoms with Gasteiger partial charge in [-0.25, -0.2) is 4.79 Å². The van der Waals surface area contributed by atoms with Crippen LogP contribution < -0.4 is 9.47 Å². The Bertz CT molecular complexity index is 735. The van der Waals surface area contributed by atoms with E-state index in [4.69, 9.17) is 19.2 Å². The molecular formula is C20H25NO6. The van der Waals surface area contributed by atoms with Gasteiger partial charge in [-0.3, -0.25) is 4.89 Å². The summed E-state index contributed by atoms with van der Waals surface area (Å²) >= 11 is 0. The predicted octanol–water partition coefficient (Wildman–Crippen LogP) is 2.59. The lowest BCUT2D eigenvalue weighted by Gasteiger charge is -2.47. The molecule has 0 aromatic heterocycles. The smallest absolute Gasteiger partial charge is 0.493 e. The molecule has 0 spiro atoms. The van der Waals surface area contributed by atoms with E-state index in [1.54, 1.807) is 7.11 Å².